The standard InChI is InChI=1S/C16H27NO3S/c1-5-7-8-14(6-2)12-17-21(18,19)15-9-10-16(20-4)13(3)11-15/h9-11,14,17H,5-8,12H2,1-4H3/t14-/m1/s1. The van der Waals surface area contributed by atoms with Gasteiger partial charge in [0.1, 0.15) is 5.75 Å². The number of nitrogens with one attached hydrogen (secondary N) is 1. The molecule has 0 radical (unpaired) electrons. The Balaban J connectivity index is 2.74. The number of hydrogen-bond donors (Lipinski definition) is 1. The average molecular weight is 313 g/mol. The molecule has 0 unspecified atom stereocenters. The van der Waals surface area contributed by atoms with E-state index in [1.54, 1.807) is 25.3 Å². The van der Waals surface area contributed by atoms with E-state index >= 15 is 0 Å². The molecule has 5 heteroatoms. The Kier molecular flexibility index (Phi) is 7.18. The van der Waals surface area contributed by atoms with Crippen molar-refractivity contribution in [1.29, 1.82) is 0 Å². The highest BCUT2D eigenvalue weighted by atomic mass is 32.2. The van der Waals surface area contributed by atoms with Crippen LogP contribution in [0, 0.1) is 12.8 Å². The minimum Gasteiger partial charge on any atom is -0.496 e. The van der Waals surface area contributed by atoms with Gasteiger partial charge >= 0.3 is 0 Å². The normalized spacial score (nSPS) is 13.1. The molecule has 120 valence electrons. The van der Waals surface area contributed by atoms with Crippen molar-refractivity contribution in [3.05, 3.63) is 23.8 Å². The van der Waals surface area contributed by atoms with E-state index in [0.717, 1.165) is 31.2 Å². The van der Waals surface area contributed by atoms with E-state index in [1.165, 1.54) is 0 Å². The van der Waals surface area contributed by atoms with Crippen LogP contribution < -0.4 is 9.46 Å². The summed E-state index contributed by atoms with van der Waals surface area (Å²) in [6.45, 7) is 6.60. The van der Waals surface area contributed by atoms with Crippen LogP contribution in [-0.4, -0.2) is 22.1 Å². The lowest BCUT2D eigenvalue weighted by Gasteiger charge is -2.16. The second kappa shape index (κ2) is 8.39. The van der Waals surface area contributed by atoms with Gasteiger partial charge in [0.2, 0.25) is 10.0 Å². The van der Waals surface area contributed by atoms with Crippen molar-refractivity contribution in [2.24, 2.45) is 5.92 Å². The molecule has 1 atom stereocenters. The Hall–Kier alpha value is -1.07. The quantitative estimate of drug-likeness (QED) is 0.759. The lowest BCUT2D eigenvalue weighted by Crippen LogP contribution is -2.29. The van der Waals surface area contributed by atoms with Crippen LogP contribution in [0.5, 0.6) is 5.75 Å². The molecule has 0 heterocycles. The smallest absolute Gasteiger partial charge is 0.240 e. The fourth-order valence-electron chi connectivity index (χ4n) is 2.27. The molecular formula is C16H27NO3S. The second-order valence-electron chi connectivity index (χ2n) is 5.40. The molecule has 0 saturated carbocycles. The maximum absolute atomic E-state index is 12.3. The number of benzene rings is 1. The topological polar surface area (TPSA) is 55.4 Å². The van der Waals surface area contributed by atoms with E-state index < -0.39 is 10.0 Å². The average Bonchev–Trinajstić information content (AvgIpc) is 2.47. The Morgan fingerprint density at radius 2 is 2.00 bits per heavy atom. The first kappa shape index (κ1) is 18.0. The molecule has 1 aromatic rings. The van der Waals surface area contributed by atoms with Gasteiger partial charge in [-0.15, -0.1) is 0 Å². The fourth-order valence-corrected chi connectivity index (χ4v) is 3.47. The van der Waals surface area contributed by atoms with Gasteiger partial charge < -0.3 is 4.74 Å². The van der Waals surface area contributed by atoms with Gasteiger partial charge in [0, 0.05) is 6.54 Å². The van der Waals surface area contributed by atoms with Gasteiger partial charge in [-0.3, -0.25) is 0 Å². The van der Waals surface area contributed by atoms with Crippen molar-refractivity contribution in [1.82, 2.24) is 4.72 Å². The molecule has 0 spiro atoms. The summed E-state index contributed by atoms with van der Waals surface area (Å²) < 4.78 is 32.5. The summed E-state index contributed by atoms with van der Waals surface area (Å²) in [6.07, 6.45) is 4.34. The molecule has 1 N–H and O–H groups in total. The van der Waals surface area contributed by atoms with Crippen LogP contribution in [0.25, 0.3) is 0 Å². The Morgan fingerprint density at radius 1 is 1.29 bits per heavy atom. The molecule has 0 aliphatic heterocycles. The van der Waals surface area contributed by atoms with Crippen molar-refractivity contribution in [2.75, 3.05) is 13.7 Å². The molecule has 0 bridgehead atoms. The van der Waals surface area contributed by atoms with Gasteiger partial charge in [-0.2, -0.15) is 0 Å². The highest BCUT2D eigenvalue weighted by molar-refractivity contribution is 7.89. The second-order valence-corrected chi connectivity index (χ2v) is 7.17. The molecule has 0 amide bonds. The van der Waals surface area contributed by atoms with Crippen molar-refractivity contribution in [3.8, 4) is 5.75 Å². The van der Waals surface area contributed by atoms with Gasteiger partial charge in [-0.1, -0.05) is 33.1 Å². The van der Waals surface area contributed by atoms with E-state index in [-0.39, 0.29) is 0 Å². The van der Waals surface area contributed by atoms with Gasteiger partial charge in [-0.05, 0) is 43.0 Å². The fraction of sp³-hybridized carbons (Fsp3) is 0.625. The summed E-state index contributed by atoms with van der Waals surface area (Å²) in [4.78, 5) is 0.297. The number of hydrogen-bond acceptors (Lipinski definition) is 3. The van der Waals surface area contributed by atoms with Crippen molar-refractivity contribution >= 4 is 10.0 Å². The van der Waals surface area contributed by atoms with Gasteiger partial charge in [-0.25, -0.2) is 13.1 Å². The SMILES string of the molecule is CCCC[C@@H](CC)CNS(=O)(=O)c1ccc(OC)c(C)c1. The zero-order valence-electron chi connectivity index (χ0n) is 13.5. The summed E-state index contributed by atoms with van der Waals surface area (Å²) in [6, 6.07) is 4.92. The van der Waals surface area contributed by atoms with Crippen LogP contribution in [0.1, 0.15) is 45.1 Å². The number of methoxy groups -OCH3 is 1. The maximum Gasteiger partial charge on any atom is 0.240 e. The number of rotatable bonds is 9. The van der Waals surface area contributed by atoms with Crippen LogP contribution >= 0.6 is 0 Å². The highest BCUT2D eigenvalue weighted by Crippen LogP contribution is 2.21. The maximum atomic E-state index is 12.3. The predicted octanol–water partition coefficient (Wildman–Crippen LogP) is 3.50. The highest BCUT2D eigenvalue weighted by Gasteiger charge is 2.17. The van der Waals surface area contributed by atoms with Crippen LogP contribution in [-0.2, 0) is 10.0 Å². The van der Waals surface area contributed by atoms with E-state index in [4.69, 9.17) is 4.74 Å². The lowest BCUT2D eigenvalue weighted by molar-refractivity contribution is 0.411. The predicted molar refractivity (Wildman–Crippen MR) is 86.2 cm³/mol. The van der Waals surface area contributed by atoms with Gasteiger partial charge in [0.05, 0.1) is 12.0 Å². The van der Waals surface area contributed by atoms with Crippen molar-refractivity contribution in [3.63, 3.8) is 0 Å². The molecule has 21 heavy (non-hydrogen) atoms. The molecule has 1 rings (SSSR count). The number of aryl methyl sites for hydroxylation is 1. The summed E-state index contributed by atoms with van der Waals surface area (Å²) in [5, 5.41) is 0. The third-order valence-electron chi connectivity index (χ3n) is 3.78. The first-order valence-electron chi connectivity index (χ1n) is 7.58. The summed E-state index contributed by atoms with van der Waals surface area (Å²) in [5.74, 6) is 1.10. The molecule has 1 aromatic carbocycles. The summed E-state index contributed by atoms with van der Waals surface area (Å²) >= 11 is 0. The van der Waals surface area contributed by atoms with Crippen LogP contribution in [0.3, 0.4) is 0 Å². The third kappa shape index (κ3) is 5.32. The van der Waals surface area contributed by atoms with Crippen molar-refractivity contribution < 1.29 is 13.2 Å². The molecule has 0 fully saturated rings. The monoisotopic (exact) mass is 313 g/mol. The molecular weight excluding hydrogens is 286 g/mol. The van der Waals surface area contributed by atoms with E-state index in [2.05, 4.69) is 18.6 Å². The first-order chi connectivity index (χ1) is 9.94. The molecule has 0 saturated heterocycles. The number of unbranched alkanes of at least 4 members (excludes halogenated alkanes) is 1. The Labute approximate surface area is 129 Å². The third-order valence-corrected chi connectivity index (χ3v) is 5.20. The Bertz CT molecular complexity index is 540. The zero-order chi connectivity index (χ0) is 15.9. The minimum absolute atomic E-state index is 0.297. The minimum atomic E-state index is -3.44. The van der Waals surface area contributed by atoms with Crippen LogP contribution in [0.2, 0.25) is 0 Å². The number of sulfonamides is 1. The lowest BCUT2D eigenvalue weighted by atomic mass is 10.00. The molecule has 0 aliphatic carbocycles. The van der Waals surface area contributed by atoms with E-state index in [0.29, 0.717) is 23.1 Å². The largest absolute Gasteiger partial charge is 0.496 e. The zero-order valence-corrected chi connectivity index (χ0v) is 14.3. The van der Waals surface area contributed by atoms with Gasteiger partial charge in [0.25, 0.3) is 0 Å². The van der Waals surface area contributed by atoms with E-state index in [9.17, 15) is 8.42 Å². The Morgan fingerprint density at radius 3 is 2.52 bits per heavy atom. The number of ether oxygens (including phenoxy) is 1. The summed E-state index contributed by atoms with van der Waals surface area (Å²) in [7, 11) is -1.87. The van der Waals surface area contributed by atoms with Gasteiger partial charge in [0.15, 0.2) is 0 Å². The summed E-state index contributed by atoms with van der Waals surface area (Å²) in [5.41, 5.74) is 0.818. The van der Waals surface area contributed by atoms with E-state index in [1.807, 2.05) is 6.92 Å². The van der Waals surface area contributed by atoms with Crippen LogP contribution in [0.4, 0.5) is 0 Å². The van der Waals surface area contributed by atoms with Crippen molar-refractivity contribution in [2.45, 2.75) is 51.3 Å². The molecule has 4 nitrogen and oxygen atoms in total. The first-order valence-corrected chi connectivity index (χ1v) is 9.07. The molecule has 0 aliphatic rings. The van der Waals surface area contributed by atoms with Crippen LogP contribution in [0.15, 0.2) is 23.1 Å². The molecule has 0 aromatic heterocycles.